The molecule has 1 aromatic carbocycles. The van der Waals surface area contributed by atoms with Crippen LogP contribution in [0, 0.1) is 6.92 Å². The minimum absolute atomic E-state index is 0.0346. The number of nitrogens with zero attached hydrogens (tertiary/aromatic N) is 2. The van der Waals surface area contributed by atoms with Gasteiger partial charge in [-0.2, -0.15) is 0 Å². The van der Waals surface area contributed by atoms with Crippen molar-refractivity contribution in [3.63, 3.8) is 0 Å². The molecule has 3 rings (SSSR count). The van der Waals surface area contributed by atoms with Crippen LogP contribution >= 0.6 is 0 Å². The van der Waals surface area contributed by atoms with Gasteiger partial charge in [-0.25, -0.2) is 4.79 Å². The SMILES string of the molecule is Cc1cc(-c2ccc([C@H](C)N3CC[C@@](C)(CC(C)(C)O)OC3=O)cc2)cc(=O)n1C. The Morgan fingerprint density at radius 1 is 1.17 bits per heavy atom. The van der Waals surface area contributed by atoms with Crippen LogP contribution in [0.3, 0.4) is 0 Å². The van der Waals surface area contributed by atoms with Crippen molar-refractivity contribution in [2.45, 2.75) is 64.7 Å². The molecule has 0 bridgehead atoms. The lowest BCUT2D eigenvalue weighted by Gasteiger charge is -2.43. The maximum atomic E-state index is 12.7. The molecule has 30 heavy (non-hydrogen) atoms. The summed E-state index contributed by atoms with van der Waals surface area (Å²) in [7, 11) is 1.76. The van der Waals surface area contributed by atoms with Crippen molar-refractivity contribution < 1.29 is 14.6 Å². The number of amides is 1. The van der Waals surface area contributed by atoms with E-state index in [-0.39, 0.29) is 17.7 Å². The summed E-state index contributed by atoms with van der Waals surface area (Å²) < 4.78 is 7.34. The van der Waals surface area contributed by atoms with Gasteiger partial charge in [-0.05, 0) is 57.4 Å². The fourth-order valence-corrected chi connectivity index (χ4v) is 4.23. The largest absolute Gasteiger partial charge is 0.443 e. The lowest BCUT2D eigenvalue weighted by molar-refractivity contribution is -0.0859. The van der Waals surface area contributed by atoms with Crippen LogP contribution in [0.4, 0.5) is 4.79 Å². The van der Waals surface area contributed by atoms with E-state index in [0.717, 1.165) is 22.4 Å². The Morgan fingerprint density at radius 3 is 2.33 bits per heavy atom. The number of ether oxygens (including phenoxy) is 1. The molecule has 6 nitrogen and oxygen atoms in total. The molecule has 162 valence electrons. The molecule has 0 aliphatic carbocycles. The number of cyclic esters (lactones) is 1. The van der Waals surface area contributed by atoms with Crippen LogP contribution in [0.15, 0.2) is 41.2 Å². The first kappa shape index (κ1) is 22.1. The van der Waals surface area contributed by atoms with Crippen LogP contribution < -0.4 is 5.56 Å². The Bertz CT molecular complexity index is 988. The molecule has 1 fully saturated rings. The molecular formula is C24H32N2O4. The van der Waals surface area contributed by atoms with Crippen molar-refractivity contribution in [1.82, 2.24) is 9.47 Å². The molecule has 1 aliphatic rings. The van der Waals surface area contributed by atoms with E-state index in [1.54, 1.807) is 36.4 Å². The van der Waals surface area contributed by atoms with Crippen molar-refractivity contribution in [3.05, 3.63) is 58.0 Å². The number of aryl methyl sites for hydroxylation is 1. The highest BCUT2D eigenvalue weighted by Crippen LogP contribution is 2.35. The zero-order valence-electron chi connectivity index (χ0n) is 18.7. The fourth-order valence-electron chi connectivity index (χ4n) is 4.23. The lowest BCUT2D eigenvalue weighted by atomic mass is 9.87. The van der Waals surface area contributed by atoms with E-state index >= 15 is 0 Å². The monoisotopic (exact) mass is 412 g/mol. The molecule has 0 radical (unpaired) electrons. The van der Waals surface area contributed by atoms with Gasteiger partial charge in [0, 0.05) is 38.2 Å². The zero-order valence-corrected chi connectivity index (χ0v) is 18.7. The third-order valence-electron chi connectivity index (χ3n) is 5.95. The Balaban J connectivity index is 1.74. The molecule has 0 unspecified atom stereocenters. The van der Waals surface area contributed by atoms with Gasteiger partial charge in [0.1, 0.15) is 5.60 Å². The molecule has 2 aromatic rings. The highest BCUT2D eigenvalue weighted by atomic mass is 16.6. The second-order valence-corrected chi connectivity index (χ2v) is 9.33. The van der Waals surface area contributed by atoms with E-state index in [2.05, 4.69) is 0 Å². The van der Waals surface area contributed by atoms with E-state index < -0.39 is 11.2 Å². The predicted octanol–water partition coefficient (Wildman–Crippen LogP) is 4.18. The van der Waals surface area contributed by atoms with Crippen LogP contribution in [-0.2, 0) is 11.8 Å². The normalized spacial score (nSPS) is 20.8. The average Bonchev–Trinajstić information content (AvgIpc) is 2.63. The predicted molar refractivity (Wildman–Crippen MR) is 117 cm³/mol. The van der Waals surface area contributed by atoms with Crippen molar-refractivity contribution in [3.8, 4) is 11.1 Å². The minimum atomic E-state index is -0.893. The third kappa shape index (κ3) is 4.75. The first-order chi connectivity index (χ1) is 13.9. The summed E-state index contributed by atoms with van der Waals surface area (Å²) in [6, 6.07) is 11.4. The summed E-state index contributed by atoms with van der Waals surface area (Å²) in [6.45, 7) is 9.81. The van der Waals surface area contributed by atoms with E-state index in [1.165, 1.54) is 0 Å². The second kappa shape index (κ2) is 7.91. The summed E-state index contributed by atoms with van der Waals surface area (Å²) in [5, 5.41) is 10.1. The molecule has 2 atom stereocenters. The maximum absolute atomic E-state index is 12.7. The third-order valence-corrected chi connectivity index (χ3v) is 5.95. The minimum Gasteiger partial charge on any atom is -0.443 e. The number of aromatic nitrogens is 1. The lowest BCUT2D eigenvalue weighted by Crippen LogP contribution is -2.51. The van der Waals surface area contributed by atoms with Crippen LogP contribution in [0.2, 0.25) is 0 Å². The van der Waals surface area contributed by atoms with Gasteiger partial charge in [-0.3, -0.25) is 4.79 Å². The molecule has 0 spiro atoms. The van der Waals surface area contributed by atoms with E-state index in [0.29, 0.717) is 19.4 Å². The van der Waals surface area contributed by atoms with Gasteiger partial charge in [-0.15, -0.1) is 0 Å². The van der Waals surface area contributed by atoms with Crippen molar-refractivity contribution in [2.24, 2.45) is 7.05 Å². The Labute approximate surface area is 178 Å². The zero-order chi connectivity index (χ0) is 22.3. The number of aliphatic hydroxyl groups is 1. The number of hydrogen-bond acceptors (Lipinski definition) is 4. The molecule has 1 saturated heterocycles. The molecule has 6 heteroatoms. The average molecular weight is 413 g/mol. The Kier molecular flexibility index (Phi) is 5.83. The molecular weight excluding hydrogens is 380 g/mol. The molecule has 2 heterocycles. The number of rotatable bonds is 5. The molecule has 1 amide bonds. The highest BCUT2D eigenvalue weighted by molar-refractivity contribution is 5.70. The number of hydrogen-bond donors (Lipinski definition) is 1. The first-order valence-corrected chi connectivity index (χ1v) is 10.4. The van der Waals surface area contributed by atoms with Crippen molar-refractivity contribution in [1.29, 1.82) is 0 Å². The van der Waals surface area contributed by atoms with Gasteiger partial charge in [0.05, 0.1) is 11.6 Å². The van der Waals surface area contributed by atoms with Gasteiger partial charge in [0.15, 0.2) is 0 Å². The van der Waals surface area contributed by atoms with E-state index in [1.807, 2.05) is 51.1 Å². The molecule has 1 aromatic heterocycles. The summed E-state index contributed by atoms with van der Waals surface area (Å²) in [5.41, 5.74) is 2.16. The summed E-state index contributed by atoms with van der Waals surface area (Å²) in [4.78, 5) is 26.5. The first-order valence-electron chi connectivity index (χ1n) is 10.4. The quantitative estimate of drug-likeness (QED) is 0.800. The van der Waals surface area contributed by atoms with Crippen LogP contribution in [0.25, 0.3) is 11.1 Å². The van der Waals surface area contributed by atoms with Crippen molar-refractivity contribution >= 4 is 6.09 Å². The van der Waals surface area contributed by atoms with Gasteiger partial charge in [-0.1, -0.05) is 24.3 Å². The number of carbonyl (C=O) groups is 1. The molecule has 1 N–H and O–H groups in total. The van der Waals surface area contributed by atoms with Crippen LogP contribution in [0.1, 0.15) is 57.8 Å². The Morgan fingerprint density at radius 2 is 1.80 bits per heavy atom. The summed E-state index contributed by atoms with van der Waals surface area (Å²) >= 11 is 0. The smallest absolute Gasteiger partial charge is 0.410 e. The van der Waals surface area contributed by atoms with Gasteiger partial charge in [0.25, 0.3) is 5.56 Å². The Hall–Kier alpha value is -2.60. The standard InChI is InChI=1S/C24H32N2O4/c1-16-13-20(14-21(27)25(16)6)19-9-7-18(8-10-19)17(2)26-12-11-24(5,30-22(26)28)15-23(3,4)29/h7-10,13-14,17,29H,11-12,15H2,1-6H3/t17-,24-/m0/s1. The number of pyridine rings is 1. The molecule has 1 aliphatic heterocycles. The van der Waals surface area contributed by atoms with Crippen LogP contribution in [0.5, 0.6) is 0 Å². The van der Waals surface area contributed by atoms with E-state index in [4.69, 9.17) is 4.74 Å². The second-order valence-electron chi connectivity index (χ2n) is 9.33. The van der Waals surface area contributed by atoms with Gasteiger partial charge in [0.2, 0.25) is 0 Å². The number of benzene rings is 1. The highest BCUT2D eigenvalue weighted by Gasteiger charge is 2.41. The summed E-state index contributed by atoms with van der Waals surface area (Å²) in [5.74, 6) is 0. The van der Waals surface area contributed by atoms with Crippen molar-refractivity contribution in [2.75, 3.05) is 6.54 Å². The number of carbonyl (C=O) groups excluding carboxylic acids is 1. The fraction of sp³-hybridized carbons (Fsp3) is 0.500. The van der Waals surface area contributed by atoms with E-state index in [9.17, 15) is 14.7 Å². The van der Waals surface area contributed by atoms with Gasteiger partial charge >= 0.3 is 6.09 Å². The van der Waals surface area contributed by atoms with Crippen LogP contribution in [-0.4, -0.2) is 38.4 Å². The maximum Gasteiger partial charge on any atom is 0.410 e. The van der Waals surface area contributed by atoms with Gasteiger partial charge < -0.3 is 19.3 Å². The topological polar surface area (TPSA) is 71.8 Å². The molecule has 0 saturated carbocycles. The summed E-state index contributed by atoms with van der Waals surface area (Å²) in [6.07, 6.45) is 0.711.